The highest BCUT2D eigenvalue weighted by Crippen LogP contribution is 2.29. The maximum Gasteiger partial charge on any atom is 0.0898 e. The van der Waals surface area contributed by atoms with E-state index < -0.39 is 6.10 Å². The Kier molecular flexibility index (Phi) is 6.49. The van der Waals surface area contributed by atoms with E-state index in [1.165, 1.54) is 17.5 Å². The zero-order valence-corrected chi connectivity index (χ0v) is 15.4. The molecule has 0 heterocycles. The molecule has 25 heavy (non-hydrogen) atoms. The fourth-order valence-electron chi connectivity index (χ4n) is 3.39. The molecule has 1 aliphatic carbocycles. The van der Waals surface area contributed by atoms with E-state index in [2.05, 4.69) is 29.6 Å². The summed E-state index contributed by atoms with van der Waals surface area (Å²) in [5.41, 5.74) is 3.86. The van der Waals surface area contributed by atoms with E-state index in [4.69, 9.17) is 16.3 Å². The number of ether oxygens (including phenoxy) is 1. The fourth-order valence-corrected chi connectivity index (χ4v) is 3.51. The highest BCUT2D eigenvalue weighted by Gasteiger charge is 2.20. The van der Waals surface area contributed by atoms with E-state index in [9.17, 15) is 5.11 Å². The van der Waals surface area contributed by atoms with Crippen LogP contribution < -0.4 is 5.32 Å². The molecule has 2 aromatic rings. The van der Waals surface area contributed by atoms with Crippen LogP contribution in [0.5, 0.6) is 0 Å². The summed E-state index contributed by atoms with van der Waals surface area (Å²) in [6, 6.07) is 16.5. The number of fused-ring (bicyclic) bond motifs is 1. The summed E-state index contributed by atoms with van der Waals surface area (Å²) in [6.07, 6.45) is 2.87. The van der Waals surface area contributed by atoms with E-state index in [-0.39, 0.29) is 6.10 Å². The molecule has 0 radical (unpaired) electrons. The van der Waals surface area contributed by atoms with E-state index in [1.54, 1.807) is 0 Å². The van der Waals surface area contributed by atoms with Crippen molar-refractivity contribution in [1.29, 1.82) is 0 Å². The second kappa shape index (κ2) is 8.81. The number of aliphatic hydroxyl groups is 1. The quantitative estimate of drug-likeness (QED) is 0.767. The van der Waals surface area contributed by atoms with E-state index in [0.29, 0.717) is 24.2 Å². The molecule has 0 amide bonds. The van der Waals surface area contributed by atoms with E-state index in [0.717, 1.165) is 18.4 Å². The summed E-state index contributed by atoms with van der Waals surface area (Å²) in [5, 5.41) is 14.5. The van der Waals surface area contributed by atoms with Crippen molar-refractivity contribution in [2.24, 2.45) is 0 Å². The average Bonchev–Trinajstić information content (AvgIpc) is 2.65. The van der Waals surface area contributed by atoms with Gasteiger partial charge in [0.1, 0.15) is 0 Å². The third-order valence-corrected chi connectivity index (χ3v) is 5.10. The van der Waals surface area contributed by atoms with E-state index in [1.807, 2.05) is 31.2 Å². The molecule has 1 aliphatic rings. The van der Waals surface area contributed by atoms with Crippen molar-refractivity contribution in [2.75, 3.05) is 13.2 Å². The minimum absolute atomic E-state index is 0.0673. The first-order valence-corrected chi connectivity index (χ1v) is 9.37. The molecule has 0 aromatic heterocycles. The Morgan fingerprint density at radius 2 is 1.96 bits per heavy atom. The van der Waals surface area contributed by atoms with Crippen molar-refractivity contribution in [1.82, 2.24) is 5.32 Å². The SMILES string of the molecule is C[C@@H](OC[C@H](O)CN[C@@H]1CCCc2ccccc21)c1ccc(Cl)cc1. The van der Waals surface area contributed by atoms with Gasteiger partial charge in [0.2, 0.25) is 0 Å². The lowest BCUT2D eigenvalue weighted by molar-refractivity contribution is -0.00309. The van der Waals surface area contributed by atoms with Gasteiger partial charge in [-0.05, 0) is 55.0 Å². The number of hydrogen-bond donors (Lipinski definition) is 2. The second-order valence-electron chi connectivity index (χ2n) is 6.73. The zero-order chi connectivity index (χ0) is 17.6. The van der Waals surface area contributed by atoms with Crippen LogP contribution in [0.2, 0.25) is 5.02 Å². The Hall–Kier alpha value is -1.39. The lowest BCUT2D eigenvalue weighted by atomic mass is 9.88. The molecular formula is C21H26ClNO2. The van der Waals surface area contributed by atoms with Crippen LogP contribution in [-0.4, -0.2) is 24.4 Å². The van der Waals surface area contributed by atoms with Crippen molar-refractivity contribution in [3.63, 3.8) is 0 Å². The van der Waals surface area contributed by atoms with Crippen LogP contribution in [0.3, 0.4) is 0 Å². The molecule has 0 unspecified atom stereocenters. The number of nitrogens with one attached hydrogen (secondary N) is 1. The van der Waals surface area contributed by atoms with Crippen molar-refractivity contribution < 1.29 is 9.84 Å². The van der Waals surface area contributed by atoms with Gasteiger partial charge in [-0.3, -0.25) is 0 Å². The van der Waals surface area contributed by atoms with Gasteiger partial charge < -0.3 is 15.2 Å². The van der Waals surface area contributed by atoms with Crippen molar-refractivity contribution in [3.8, 4) is 0 Å². The van der Waals surface area contributed by atoms with Crippen molar-refractivity contribution >= 4 is 11.6 Å². The monoisotopic (exact) mass is 359 g/mol. The number of hydrogen-bond acceptors (Lipinski definition) is 3. The molecule has 3 nitrogen and oxygen atoms in total. The van der Waals surface area contributed by atoms with Gasteiger partial charge >= 0.3 is 0 Å². The standard InChI is InChI=1S/C21H26ClNO2/c1-15(16-9-11-18(22)12-10-16)25-14-19(24)13-23-21-8-4-6-17-5-2-3-7-20(17)21/h2-3,5,7,9-12,15,19,21,23-24H,4,6,8,13-14H2,1H3/t15-,19-,21-/m1/s1. The molecule has 0 aliphatic heterocycles. The Balaban J connectivity index is 1.46. The third-order valence-electron chi connectivity index (χ3n) is 4.85. The first-order valence-electron chi connectivity index (χ1n) is 9.00. The fraction of sp³-hybridized carbons (Fsp3) is 0.429. The molecule has 0 fully saturated rings. The lowest BCUT2D eigenvalue weighted by Gasteiger charge is -2.27. The summed E-state index contributed by atoms with van der Waals surface area (Å²) in [4.78, 5) is 0. The predicted molar refractivity (Wildman–Crippen MR) is 102 cm³/mol. The topological polar surface area (TPSA) is 41.5 Å². The minimum Gasteiger partial charge on any atom is -0.389 e. The smallest absolute Gasteiger partial charge is 0.0898 e. The van der Waals surface area contributed by atoms with Crippen LogP contribution in [0.4, 0.5) is 0 Å². The number of rotatable bonds is 7. The van der Waals surface area contributed by atoms with Gasteiger partial charge in [0, 0.05) is 17.6 Å². The highest BCUT2D eigenvalue weighted by molar-refractivity contribution is 6.30. The summed E-state index contributed by atoms with van der Waals surface area (Å²) >= 11 is 5.91. The molecule has 134 valence electrons. The predicted octanol–water partition coefficient (Wildman–Crippen LogP) is 4.45. The molecule has 0 saturated heterocycles. The van der Waals surface area contributed by atoms with Gasteiger partial charge in [-0.2, -0.15) is 0 Å². The van der Waals surface area contributed by atoms with Crippen LogP contribution in [0.15, 0.2) is 48.5 Å². The van der Waals surface area contributed by atoms with Gasteiger partial charge in [-0.25, -0.2) is 0 Å². The van der Waals surface area contributed by atoms with Crippen LogP contribution in [0.25, 0.3) is 0 Å². The number of benzene rings is 2. The Morgan fingerprint density at radius 1 is 1.20 bits per heavy atom. The average molecular weight is 360 g/mol. The number of aryl methyl sites for hydroxylation is 1. The Bertz CT molecular complexity index is 674. The Labute approximate surface area is 155 Å². The first kappa shape index (κ1) is 18.4. The lowest BCUT2D eigenvalue weighted by Crippen LogP contribution is -2.34. The van der Waals surface area contributed by atoms with Crippen LogP contribution >= 0.6 is 11.6 Å². The normalized spacial score (nSPS) is 19.2. The Morgan fingerprint density at radius 3 is 2.76 bits per heavy atom. The second-order valence-corrected chi connectivity index (χ2v) is 7.17. The maximum atomic E-state index is 10.3. The summed E-state index contributed by atoms with van der Waals surface area (Å²) in [6.45, 7) is 2.83. The minimum atomic E-state index is -0.524. The van der Waals surface area contributed by atoms with Crippen molar-refractivity contribution in [3.05, 3.63) is 70.2 Å². The highest BCUT2D eigenvalue weighted by atomic mass is 35.5. The molecule has 0 spiro atoms. The molecule has 3 atom stereocenters. The molecule has 4 heteroatoms. The largest absolute Gasteiger partial charge is 0.389 e. The van der Waals surface area contributed by atoms with Gasteiger partial charge in [-0.15, -0.1) is 0 Å². The van der Waals surface area contributed by atoms with E-state index >= 15 is 0 Å². The van der Waals surface area contributed by atoms with Crippen LogP contribution in [0, 0.1) is 0 Å². The van der Waals surface area contributed by atoms with Crippen LogP contribution in [0.1, 0.15) is 48.6 Å². The zero-order valence-electron chi connectivity index (χ0n) is 14.6. The summed E-state index contributed by atoms with van der Waals surface area (Å²) < 4.78 is 5.81. The van der Waals surface area contributed by atoms with Gasteiger partial charge in [-0.1, -0.05) is 48.0 Å². The van der Waals surface area contributed by atoms with Gasteiger partial charge in [0.05, 0.1) is 18.8 Å². The summed E-state index contributed by atoms with van der Waals surface area (Å²) in [5.74, 6) is 0. The number of halogens is 1. The number of aliphatic hydroxyl groups excluding tert-OH is 1. The maximum absolute atomic E-state index is 10.3. The molecule has 2 aromatic carbocycles. The first-order chi connectivity index (χ1) is 12.1. The third kappa shape index (κ3) is 5.05. The molecule has 2 N–H and O–H groups in total. The summed E-state index contributed by atoms with van der Waals surface area (Å²) in [7, 11) is 0. The van der Waals surface area contributed by atoms with Crippen molar-refractivity contribution in [2.45, 2.75) is 44.4 Å². The molecule has 3 rings (SSSR count). The molecule has 0 saturated carbocycles. The van der Waals surface area contributed by atoms with Crippen LogP contribution in [-0.2, 0) is 11.2 Å². The van der Waals surface area contributed by atoms with Gasteiger partial charge in [0.15, 0.2) is 0 Å². The van der Waals surface area contributed by atoms with Gasteiger partial charge in [0.25, 0.3) is 0 Å². The molecule has 0 bridgehead atoms. The molecular weight excluding hydrogens is 334 g/mol.